The fourth-order valence-electron chi connectivity index (χ4n) is 3.94. The molecule has 3 rings (SSSR count). The van der Waals surface area contributed by atoms with E-state index in [0.717, 1.165) is 24.6 Å². The molecule has 12 heteroatoms. The molecule has 0 spiro atoms. The minimum atomic E-state index is -0.578. The summed E-state index contributed by atoms with van der Waals surface area (Å²) in [4.78, 5) is 56.3. The number of amides is 1. The maximum Gasteiger partial charge on any atom is 0.339 e. The van der Waals surface area contributed by atoms with Crippen LogP contribution >= 0.6 is 35.0 Å². The van der Waals surface area contributed by atoms with Crippen LogP contribution in [-0.4, -0.2) is 55.9 Å². The van der Waals surface area contributed by atoms with Crippen molar-refractivity contribution in [2.75, 3.05) is 32.0 Å². The van der Waals surface area contributed by atoms with Crippen molar-refractivity contribution in [1.29, 1.82) is 0 Å². The second-order valence-corrected chi connectivity index (χ2v) is 10.1. The third-order valence-electron chi connectivity index (χ3n) is 5.82. The van der Waals surface area contributed by atoms with E-state index in [9.17, 15) is 19.2 Å². The number of aromatic nitrogens is 1. The minimum Gasteiger partial charge on any atom is -0.468 e. The summed E-state index contributed by atoms with van der Waals surface area (Å²) < 4.78 is 14.4. The zero-order valence-corrected chi connectivity index (χ0v) is 23.4. The molecular formula is C26H26Cl2N2O7S. The van der Waals surface area contributed by atoms with Gasteiger partial charge in [-0.25, -0.2) is 9.59 Å². The van der Waals surface area contributed by atoms with Crippen LogP contribution < -0.4 is 4.90 Å². The second-order valence-electron chi connectivity index (χ2n) is 8.22. The molecule has 0 saturated heterocycles. The highest BCUT2D eigenvalue weighted by atomic mass is 35.5. The van der Waals surface area contributed by atoms with Gasteiger partial charge in [-0.15, -0.1) is 11.8 Å². The minimum absolute atomic E-state index is 0.00598. The van der Waals surface area contributed by atoms with E-state index in [2.05, 4.69) is 4.98 Å². The zero-order chi connectivity index (χ0) is 27.8. The molecular weight excluding hydrogens is 555 g/mol. The van der Waals surface area contributed by atoms with Crippen LogP contribution in [0.4, 0.5) is 5.69 Å². The second kappa shape index (κ2) is 13.6. The highest BCUT2D eigenvalue weighted by Gasteiger charge is 2.30. The lowest BCUT2D eigenvalue weighted by molar-refractivity contribution is -0.138. The number of thioether (sulfide) groups is 1. The van der Waals surface area contributed by atoms with Gasteiger partial charge in [0.15, 0.2) is 0 Å². The van der Waals surface area contributed by atoms with E-state index >= 15 is 0 Å². The standard InChI is InChI=1S/C26H26Cl2N2O7S/c1-35-23(31)14-38-22-10-21(19(27)9-20(22)28)30(13-15-8-16(12-29-11-15)25(33)36-2)24(32)17-6-4-5-7-18(17)26(34)37-3/h8-12H,4-7,13-14H2,1-3H3. The summed E-state index contributed by atoms with van der Waals surface area (Å²) in [5.74, 6) is -2.03. The molecule has 0 unspecified atom stereocenters. The van der Waals surface area contributed by atoms with Crippen molar-refractivity contribution in [1.82, 2.24) is 4.98 Å². The number of methoxy groups -OCH3 is 3. The maximum atomic E-state index is 14.0. The number of hydrogen-bond acceptors (Lipinski definition) is 9. The average molecular weight is 581 g/mol. The quantitative estimate of drug-likeness (QED) is 0.229. The van der Waals surface area contributed by atoms with Gasteiger partial charge in [0, 0.05) is 28.4 Å². The van der Waals surface area contributed by atoms with Crippen LogP contribution in [0, 0.1) is 0 Å². The molecule has 0 N–H and O–H groups in total. The summed E-state index contributed by atoms with van der Waals surface area (Å²) in [5.41, 5.74) is 1.68. The average Bonchev–Trinajstić information content (AvgIpc) is 2.94. The first-order valence-electron chi connectivity index (χ1n) is 11.5. The highest BCUT2D eigenvalue weighted by molar-refractivity contribution is 8.00. The van der Waals surface area contributed by atoms with Gasteiger partial charge in [0.05, 0.1) is 54.9 Å². The van der Waals surface area contributed by atoms with Crippen LogP contribution in [0.1, 0.15) is 41.6 Å². The van der Waals surface area contributed by atoms with Gasteiger partial charge < -0.3 is 19.1 Å². The number of carbonyl (C=O) groups is 4. The Morgan fingerprint density at radius 1 is 0.895 bits per heavy atom. The van der Waals surface area contributed by atoms with Gasteiger partial charge in [0.1, 0.15) is 0 Å². The molecule has 1 aliphatic rings. The number of benzene rings is 1. The molecule has 38 heavy (non-hydrogen) atoms. The van der Waals surface area contributed by atoms with Crippen molar-refractivity contribution in [3.63, 3.8) is 0 Å². The number of halogens is 2. The first kappa shape index (κ1) is 29.5. The highest BCUT2D eigenvalue weighted by Crippen LogP contribution is 2.39. The van der Waals surface area contributed by atoms with Gasteiger partial charge in [-0.3, -0.25) is 14.6 Å². The van der Waals surface area contributed by atoms with Crippen molar-refractivity contribution >= 4 is 64.5 Å². The molecule has 1 aromatic heterocycles. The monoisotopic (exact) mass is 580 g/mol. The molecule has 0 fully saturated rings. The van der Waals surface area contributed by atoms with Gasteiger partial charge >= 0.3 is 17.9 Å². The van der Waals surface area contributed by atoms with E-state index in [-0.39, 0.29) is 22.9 Å². The van der Waals surface area contributed by atoms with Crippen molar-refractivity contribution in [3.8, 4) is 0 Å². The first-order chi connectivity index (χ1) is 18.2. The number of rotatable bonds is 9. The molecule has 2 aromatic rings. The molecule has 0 atom stereocenters. The third-order valence-corrected chi connectivity index (χ3v) is 7.58. The summed E-state index contributed by atoms with van der Waals surface area (Å²) in [6, 6.07) is 4.65. The zero-order valence-electron chi connectivity index (χ0n) is 21.0. The summed E-state index contributed by atoms with van der Waals surface area (Å²) in [6.45, 7) is -0.0307. The number of nitrogens with zero attached hydrogens (tertiary/aromatic N) is 2. The third kappa shape index (κ3) is 7.06. The Morgan fingerprint density at radius 2 is 1.58 bits per heavy atom. The molecule has 9 nitrogen and oxygen atoms in total. The Labute approximate surface area is 234 Å². The lowest BCUT2D eigenvalue weighted by Gasteiger charge is -2.28. The smallest absolute Gasteiger partial charge is 0.339 e. The lowest BCUT2D eigenvalue weighted by Crippen LogP contribution is -2.34. The molecule has 1 aliphatic carbocycles. The SMILES string of the molecule is COC(=O)CSc1cc(N(Cc2cncc(C(=O)OC)c2)C(=O)C2=C(C(=O)OC)CCCC2)c(Cl)cc1Cl. The first-order valence-corrected chi connectivity index (χ1v) is 13.3. The fraction of sp³-hybridized carbons (Fsp3) is 0.346. The number of ether oxygens (including phenoxy) is 3. The number of esters is 3. The topological polar surface area (TPSA) is 112 Å². The number of pyridine rings is 1. The van der Waals surface area contributed by atoms with Crippen LogP contribution in [0.25, 0.3) is 0 Å². The number of carbonyl (C=O) groups excluding carboxylic acids is 4. The fourth-order valence-corrected chi connectivity index (χ4v) is 5.37. The number of hydrogen-bond donors (Lipinski definition) is 0. The molecule has 1 aromatic carbocycles. The van der Waals surface area contributed by atoms with Crippen molar-refractivity contribution < 1.29 is 33.4 Å². The van der Waals surface area contributed by atoms with E-state index < -0.39 is 23.8 Å². The van der Waals surface area contributed by atoms with Crippen LogP contribution in [0.3, 0.4) is 0 Å². The predicted octanol–water partition coefficient (Wildman–Crippen LogP) is 5.02. The van der Waals surface area contributed by atoms with Crippen LogP contribution in [0.5, 0.6) is 0 Å². The summed E-state index contributed by atoms with van der Waals surface area (Å²) >= 11 is 14.1. The Kier molecular flexibility index (Phi) is 10.6. The van der Waals surface area contributed by atoms with E-state index in [1.807, 2.05) is 0 Å². The molecule has 0 bridgehead atoms. The van der Waals surface area contributed by atoms with Crippen LogP contribution in [0.15, 0.2) is 46.6 Å². The Bertz CT molecular complexity index is 1280. The molecule has 1 heterocycles. The summed E-state index contributed by atoms with van der Waals surface area (Å²) in [7, 11) is 3.82. The molecule has 0 aliphatic heterocycles. The Hall–Kier alpha value is -3.08. The summed E-state index contributed by atoms with van der Waals surface area (Å²) in [5, 5.41) is 0.473. The normalized spacial score (nSPS) is 13.1. The van der Waals surface area contributed by atoms with Crippen LogP contribution in [-0.2, 0) is 35.1 Å². The Morgan fingerprint density at radius 3 is 2.24 bits per heavy atom. The van der Waals surface area contributed by atoms with Gasteiger partial charge in [-0.2, -0.15) is 0 Å². The van der Waals surface area contributed by atoms with Crippen molar-refractivity contribution in [2.45, 2.75) is 37.1 Å². The van der Waals surface area contributed by atoms with Gasteiger partial charge in [-0.05, 0) is 49.4 Å². The van der Waals surface area contributed by atoms with Crippen molar-refractivity contribution in [3.05, 3.63) is 62.9 Å². The van der Waals surface area contributed by atoms with Gasteiger partial charge in [0.25, 0.3) is 5.91 Å². The van der Waals surface area contributed by atoms with E-state index in [0.29, 0.717) is 45.2 Å². The van der Waals surface area contributed by atoms with Crippen molar-refractivity contribution in [2.24, 2.45) is 0 Å². The maximum absolute atomic E-state index is 14.0. The van der Waals surface area contributed by atoms with Crippen LogP contribution in [0.2, 0.25) is 10.0 Å². The van der Waals surface area contributed by atoms with Gasteiger partial charge in [-0.1, -0.05) is 23.2 Å². The van der Waals surface area contributed by atoms with Gasteiger partial charge in [0.2, 0.25) is 0 Å². The lowest BCUT2D eigenvalue weighted by atomic mass is 9.90. The molecule has 0 radical (unpaired) electrons. The molecule has 0 saturated carbocycles. The van der Waals surface area contributed by atoms with E-state index in [1.54, 1.807) is 12.1 Å². The molecule has 1 amide bonds. The predicted molar refractivity (Wildman–Crippen MR) is 143 cm³/mol. The summed E-state index contributed by atoms with van der Waals surface area (Å²) in [6.07, 6.45) is 5.15. The van der Waals surface area contributed by atoms with E-state index in [4.69, 9.17) is 37.4 Å². The molecule has 202 valence electrons. The Balaban J connectivity index is 2.12. The number of anilines is 1. The van der Waals surface area contributed by atoms with E-state index in [1.165, 1.54) is 44.7 Å². The largest absolute Gasteiger partial charge is 0.468 e.